The molecule has 0 nitrogen and oxygen atoms in total. The fraction of sp³-hybridized carbons (Fsp3) is 0.304. The zero-order valence-corrected chi connectivity index (χ0v) is 17.0. The minimum absolute atomic E-state index is 0.432. The molecule has 0 saturated heterocycles. The summed E-state index contributed by atoms with van der Waals surface area (Å²) in [5.41, 5.74) is 10.5. The number of benzene rings is 1. The Morgan fingerprint density at radius 2 is 1.68 bits per heavy atom. The molecule has 126 valence electrons. The third-order valence-corrected chi connectivity index (χ3v) is 8.08. The Labute approximate surface area is 157 Å². The van der Waals surface area contributed by atoms with Gasteiger partial charge in [0.25, 0.3) is 0 Å². The average molecular weight is 363 g/mol. The molecule has 0 spiro atoms. The molecule has 1 aromatic heterocycles. The van der Waals surface area contributed by atoms with Gasteiger partial charge in [-0.05, 0) is 90.3 Å². The first kappa shape index (κ1) is 15.7. The first-order valence-corrected chi connectivity index (χ1v) is 10.6. The van der Waals surface area contributed by atoms with Gasteiger partial charge in [0.05, 0.1) is 5.25 Å². The molecule has 25 heavy (non-hydrogen) atoms. The lowest BCUT2D eigenvalue weighted by molar-refractivity contribution is 0.958. The lowest BCUT2D eigenvalue weighted by Gasteiger charge is -2.21. The topological polar surface area (TPSA) is 0 Å². The lowest BCUT2D eigenvalue weighted by Crippen LogP contribution is -2.18. The Kier molecular flexibility index (Phi) is 3.30. The fourth-order valence-electron chi connectivity index (χ4n) is 4.77. The minimum Gasteiger partial charge on any atom is -0.141 e. The van der Waals surface area contributed by atoms with Gasteiger partial charge >= 0.3 is 0 Å². The van der Waals surface area contributed by atoms with Crippen LogP contribution in [0.15, 0.2) is 34.3 Å². The van der Waals surface area contributed by atoms with Crippen LogP contribution in [0.5, 0.6) is 0 Å². The summed E-state index contributed by atoms with van der Waals surface area (Å²) in [6, 6.07) is 6.97. The molecule has 2 aromatic rings. The first-order valence-electron chi connectivity index (χ1n) is 8.94. The Morgan fingerprint density at radius 1 is 0.920 bits per heavy atom. The van der Waals surface area contributed by atoms with Crippen LogP contribution in [0.25, 0.3) is 17.7 Å². The Hall–Kier alpha value is -1.51. The predicted molar refractivity (Wildman–Crippen MR) is 113 cm³/mol. The minimum atomic E-state index is 0.432. The molecule has 0 N–H and O–H groups in total. The summed E-state index contributed by atoms with van der Waals surface area (Å²) in [4.78, 5) is 2.93. The Bertz CT molecular complexity index is 1120. The summed E-state index contributed by atoms with van der Waals surface area (Å²) < 4.78 is 1.48. The quantitative estimate of drug-likeness (QED) is 0.671. The van der Waals surface area contributed by atoms with Gasteiger partial charge in [-0.3, -0.25) is 0 Å². The number of hydrogen-bond acceptors (Lipinski definition) is 2. The van der Waals surface area contributed by atoms with E-state index in [0.717, 1.165) is 0 Å². The molecule has 0 amide bonds. The number of hydrogen-bond donors (Lipinski definition) is 0. The molecule has 2 unspecified atom stereocenters. The smallest absolute Gasteiger partial charge is 0.0547 e. The van der Waals surface area contributed by atoms with Crippen LogP contribution in [0.3, 0.4) is 0 Å². The molecule has 1 aromatic carbocycles. The van der Waals surface area contributed by atoms with Crippen molar-refractivity contribution in [1.29, 1.82) is 0 Å². The van der Waals surface area contributed by atoms with E-state index >= 15 is 0 Å². The predicted octanol–water partition coefficient (Wildman–Crippen LogP) is 5.21. The van der Waals surface area contributed by atoms with Crippen molar-refractivity contribution in [2.75, 3.05) is 0 Å². The number of thiophene rings is 1. The van der Waals surface area contributed by atoms with Crippen molar-refractivity contribution in [3.8, 4) is 0 Å². The van der Waals surface area contributed by atoms with E-state index in [1.807, 2.05) is 11.3 Å². The molecule has 2 atom stereocenters. The second kappa shape index (κ2) is 5.25. The molecule has 0 saturated carbocycles. The standard InChI is InChI=1S/C23H22S2/c1-11-6-7-12(2)20-16(11)8-13(3)21(20)22-15(5)25-19-10-18-17(23(19)22)9-14(4)24-18/h6-10,19,21H,1-5H3. The molecule has 3 aliphatic rings. The van der Waals surface area contributed by atoms with Gasteiger partial charge in [-0.25, -0.2) is 0 Å². The van der Waals surface area contributed by atoms with Crippen LogP contribution >= 0.6 is 23.1 Å². The number of thioether (sulfide) groups is 1. The van der Waals surface area contributed by atoms with Gasteiger partial charge in [0.15, 0.2) is 0 Å². The van der Waals surface area contributed by atoms with E-state index < -0.39 is 0 Å². The van der Waals surface area contributed by atoms with E-state index in [0.29, 0.717) is 11.2 Å². The van der Waals surface area contributed by atoms with E-state index in [1.54, 1.807) is 16.7 Å². The highest BCUT2D eigenvalue weighted by Crippen LogP contribution is 2.54. The normalized spacial score (nSPS) is 23.6. The van der Waals surface area contributed by atoms with Gasteiger partial charge in [-0.15, -0.1) is 23.1 Å². The second-order valence-corrected chi connectivity index (χ2v) is 10.2. The fourth-order valence-corrected chi connectivity index (χ4v) is 7.18. The number of aryl methyl sites for hydroxylation is 3. The van der Waals surface area contributed by atoms with Gasteiger partial charge in [0, 0.05) is 15.3 Å². The zero-order chi connectivity index (χ0) is 17.5. The zero-order valence-electron chi connectivity index (χ0n) is 15.4. The summed E-state index contributed by atoms with van der Waals surface area (Å²) in [5.74, 6) is 0.432. The van der Waals surface area contributed by atoms with Crippen molar-refractivity contribution in [1.82, 2.24) is 0 Å². The van der Waals surface area contributed by atoms with Crippen LogP contribution in [0.4, 0.5) is 0 Å². The van der Waals surface area contributed by atoms with E-state index in [9.17, 15) is 0 Å². The molecular formula is C23H22S2. The maximum atomic E-state index is 2.49. The van der Waals surface area contributed by atoms with Crippen LogP contribution in [-0.4, -0.2) is 5.25 Å². The molecule has 5 rings (SSSR count). The van der Waals surface area contributed by atoms with E-state index in [4.69, 9.17) is 0 Å². The van der Waals surface area contributed by atoms with Gasteiger partial charge in [-0.1, -0.05) is 23.8 Å². The SMILES string of the molecule is CC1=Cc2c(C)ccc(C)c2C1C1=C(C)SC2C=c3sc(C)cc3=C12. The van der Waals surface area contributed by atoms with Crippen molar-refractivity contribution in [3.63, 3.8) is 0 Å². The van der Waals surface area contributed by atoms with Crippen molar-refractivity contribution in [2.45, 2.75) is 45.8 Å². The maximum absolute atomic E-state index is 2.49. The highest BCUT2D eigenvalue weighted by atomic mass is 32.2. The highest BCUT2D eigenvalue weighted by Gasteiger charge is 2.39. The highest BCUT2D eigenvalue weighted by molar-refractivity contribution is 8.04. The monoisotopic (exact) mass is 362 g/mol. The van der Waals surface area contributed by atoms with Gasteiger partial charge < -0.3 is 0 Å². The van der Waals surface area contributed by atoms with Crippen LogP contribution in [0.1, 0.15) is 46.9 Å². The molecule has 1 aliphatic heterocycles. The number of rotatable bonds is 1. The van der Waals surface area contributed by atoms with Crippen LogP contribution in [0, 0.1) is 20.8 Å². The summed E-state index contributed by atoms with van der Waals surface area (Å²) >= 11 is 4.00. The largest absolute Gasteiger partial charge is 0.141 e. The summed E-state index contributed by atoms with van der Waals surface area (Å²) in [5, 5.41) is 2.03. The van der Waals surface area contributed by atoms with Crippen molar-refractivity contribution < 1.29 is 0 Å². The molecule has 2 heteroatoms. The summed E-state index contributed by atoms with van der Waals surface area (Å²) in [6.07, 6.45) is 4.92. The first-order chi connectivity index (χ1) is 12.0. The van der Waals surface area contributed by atoms with Crippen molar-refractivity contribution in [2.24, 2.45) is 0 Å². The summed E-state index contributed by atoms with van der Waals surface area (Å²) in [6.45, 7) is 11.4. The molecular weight excluding hydrogens is 340 g/mol. The van der Waals surface area contributed by atoms with Gasteiger partial charge in [-0.2, -0.15) is 0 Å². The van der Waals surface area contributed by atoms with Crippen LogP contribution in [-0.2, 0) is 0 Å². The Balaban J connectivity index is 1.79. The van der Waals surface area contributed by atoms with Crippen LogP contribution < -0.4 is 9.75 Å². The van der Waals surface area contributed by atoms with Crippen molar-refractivity contribution >= 4 is 40.8 Å². The molecule has 2 aliphatic carbocycles. The van der Waals surface area contributed by atoms with E-state index in [1.165, 1.54) is 41.8 Å². The number of fused-ring (bicyclic) bond motifs is 3. The molecule has 2 heterocycles. The third kappa shape index (κ3) is 2.07. The maximum Gasteiger partial charge on any atom is 0.0547 e. The van der Waals surface area contributed by atoms with Gasteiger partial charge in [0.1, 0.15) is 0 Å². The molecule has 0 fully saturated rings. The second-order valence-electron chi connectivity index (χ2n) is 7.57. The lowest BCUT2D eigenvalue weighted by atomic mass is 9.81. The van der Waals surface area contributed by atoms with Gasteiger partial charge in [0.2, 0.25) is 0 Å². The van der Waals surface area contributed by atoms with E-state index in [2.05, 4.69) is 76.7 Å². The third-order valence-electron chi connectivity index (χ3n) is 5.86. The Morgan fingerprint density at radius 3 is 2.48 bits per heavy atom. The van der Waals surface area contributed by atoms with E-state index in [-0.39, 0.29) is 0 Å². The molecule has 0 radical (unpaired) electrons. The van der Waals surface area contributed by atoms with Crippen molar-refractivity contribution in [3.05, 3.63) is 71.1 Å². The molecule has 0 bridgehead atoms. The summed E-state index contributed by atoms with van der Waals surface area (Å²) in [7, 11) is 0. The van der Waals surface area contributed by atoms with Crippen LogP contribution in [0.2, 0.25) is 0 Å². The number of allylic oxidation sites excluding steroid dienone is 3. The average Bonchev–Trinajstić information content (AvgIpc) is 3.23.